The molecule has 106 valence electrons. The predicted octanol–water partition coefficient (Wildman–Crippen LogP) is 3.49. The number of aryl methyl sites for hydroxylation is 2. The molecule has 1 aliphatic rings. The van der Waals surface area contributed by atoms with Crippen LogP contribution >= 0.6 is 15.9 Å². The minimum atomic E-state index is -3.36. The van der Waals surface area contributed by atoms with Crippen LogP contribution in [0.5, 0.6) is 0 Å². The van der Waals surface area contributed by atoms with E-state index in [0.717, 1.165) is 28.4 Å². The molecule has 1 unspecified atom stereocenters. The summed E-state index contributed by atoms with van der Waals surface area (Å²) in [4.78, 5) is 0.430. The Hall–Kier alpha value is -0.390. The van der Waals surface area contributed by atoms with Crippen LogP contribution in [0.25, 0.3) is 0 Å². The third-order valence-corrected chi connectivity index (χ3v) is 6.56. The molecule has 1 aromatic rings. The van der Waals surface area contributed by atoms with Crippen molar-refractivity contribution in [2.45, 2.75) is 38.5 Å². The van der Waals surface area contributed by atoms with E-state index in [0.29, 0.717) is 23.9 Å². The lowest BCUT2D eigenvalue weighted by Crippen LogP contribution is -2.39. The molecule has 19 heavy (non-hydrogen) atoms. The van der Waals surface area contributed by atoms with Gasteiger partial charge in [-0.1, -0.05) is 28.9 Å². The van der Waals surface area contributed by atoms with Gasteiger partial charge in [0.1, 0.15) is 0 Å². The Morgan fingerprint density at radius 3 is 2.58 bits per heavy atom. The normalized spacial score (nSPS) is 21.6. The van der Waals surface area contributed by atoms with Gasteiger partial charge in [-0.15, -0.1) is 0 Å². The lowest BCUT2D eigenvalue weighted by Gasteiger charge is -2.30. The van der Waals surface area contributed by atoms with Gasteiger partial charge in [-0.3, -0.25) is 0 Å². The van der Waals surface area contributed by atoms with Crippen LogP contribution in [0.4, 0.5) is 0 Å². The number of halogens is 1. The summed E-state index contributed by atoms with van der Waals surface area (Å²) in [7, 11) is -3.36. The number of benzene rings is 1. The highest BCUT2D eigenvalue weighted by Gasteiger charge is 2.30. The van der Waals surface area contributed by atoms with E-state index in [2.05, 4.69) is 22.9 Å². The van der Waals surface area contributed by atoms with E-state index in [1.165, 1.54) is 0 Å². The van der Waals surface area contributed by atoms with Gasteiger partial charge in [-0.05, 0) is 49.8 Å². The van der Waals surface area contributed by atoms with Crippen molar-refractivity contribution in [3.05, 3.63) is 27.7 Å². The lowest BCUT2D eigenvalue weighted by molar-refractivity contribution is 0.281. The van der Waals surface area contributed by atoms with E-state index in [1.54, 1.807) is 10.4 Å². The maximum Gasteiger partial charge on any atom is 0.243 e. The van der Waals surface area contributed by atoms with E-state index >= 15 is 0 Å². The molecule has 1 aromatic carbocycles. The van der Waals surface area contributed by atoms with Crippen LogP contribution in [0, 0.1) is 19.8 Å². The summed E-state index contributed by atoms with van der Waals surface area (Å²) in [5.41, 5.74) is 1.88. The lowest BCUT2D eigenvalue weighted by atomic mass is 10.0. The molecule has 3 nitrogen and oxygen atoms in total. The van der Waals surface area contributed by atoms with Crippen LogP contribution in [0.15, 0.2) is 21.5 Å². The highest BCUT2D eigenvalue weighted by atomic mass is 79.9. The largest absolute Gasteiger partial charge is 0.243 e. The third kappa shape index (κ3) is 3.03. The van der Waals surface area contributed by atoms with Crippen molar-refractivity contribution in [2.24, 2.45) is 5.92 Å². The van der Waals surface area contributed by atoms with Gasteiger partial charge in [0, 0.05) is 17.6 Å². The van der Waals surface area contributed by atoms with E-state index in [-0.39, 0.29) is 0 Å². The van der Waals surface area contributed by atoms with Crippen LogP contribution in [0.1, 0.15) is 30.9 Å². The van der Waals surface area contributed by atoms with Gasteiger partial charge in [-0.2, -0.15) is 4.31 Å². The zero-order valence-corrected chi connectivity index (χ0v) is 14.0. The van der Waals surface area contributed by atoms with Crippen LogP contribution in [-0.2, 0) is 10.0 Å². The van der Waals surface area contributed by atoms with Crippen LogP contribution < -0.4 is 0 Å². The smallest absolute Gasteiger partial charge is 0.207 e. The maximum absolute atomic E-state index is 12.7. The summed E-state index contributed by atoms with van der Waals surface area (Å²) in [5.74, 6) is 0.442. The number of piperidine rings is 1. The Morgan fingerprint density at radius 2 is 1.95 bits per heavy atom. The summed E-state index contributed by atoms with van der Waals surface area (Å²) in [6.07, 6.45) is 2.06. The van der Waals surface area contributed by atoms with Gasteiger partial charge < -0.3 is 0 Å². The van der Waals surface area contributed by atoms with E-state index in [1.807, 2.05) is 19.9 Å². The van der Waals surface area contributed by atoms with Gasteiger partial charge in [0.2, 0.25) is 10.0 Å². The highest BCUT2D eigenvalue weighted by molar-refractivity contribution is 9.10. The third-order valence-electron chi connectivity index (χ3n) is 3.69. The molecule has 0 saturated carbocycles. The Morgan fingerprint density at radius 1 is 1.26 bits per heavy atom. The molecule has 1 heterocycles. The fourth-order valence-electron chi connectivity index (χ4n) is 2.59. The summed E-state index contributed by atoms with van der Waals surface area (Å²) >= 11 is 3.43. The summed E-state index contributed by atoms with van der Waals surface area (Å²) in [6, 6.07) is 3.66. The first kappa shape index (κ1) is 15.0. The average Bonchev–Trinajstić information content (AvgIpc) is 2.33. The first-order chi connectivity index (χ1) is 8.82. The first-order valence-corrected chi connectivity index (χ1v) is 8.82. The first-order valence-electron chi connectivity index (χ1n) is 6.59. The molecule has 0 amide bonds. The van der Waals surface area contributed by atoms with Crippen LogP contribution in [0.3, 0.4) is 0 Å². The molecule has 0 spiro atoms. The molecule has 1 saturated heterocycles. The number of hydrogen-bond donors (Lipinski definition) is 0. The van der Waals surface area contributed by atoms with Gasteiger partial charge in [0.25, 0.3) is 0 Å². The number of sulfonamides is 1. The predicted molar refractivity (Wildman–Crippen MR) is 80.8 cm³/mol. The van der Waals surface area contributed by atoms with Crippen molar-refractivity contribution in [3.8, 4) is 0 Å². The maximum atomic E-state index is 12.7. The monoisotopic (exact) mass is 345 g/mol. The number of rotatable bonds is 2. The Labute approximate surface area is 124 Å². The van der Waals surface area contributed by atoms with Gasteiger partial charge in [0.15, 0.2) is 0 Å². The van der Waals surface area contributed by atoms with Crippen molar-refractivity contribution in [1.29, 1.82) is 0 Å². The van der Waals surface area contributed by atoms with Crippen molar-refractivity contribution in [3.63, 3.8) is 0 Å². The molecule has 1 fully saturated rings. The van der Waals surface area contributed by atoms with Gasteiger partial charge in [0.05, 0.1) is 4.90 Å². The van der Waals surface area contributed by atoms with Gasteiger partial charge in [-0.25, -0.2) is 8.42 Å². The fraction of sp³-hybridized carbons (Fsp3) is 0.571. The van der Waals surface area contributed by atoms with Crippen LogP contribution in [-0.4, -0.2) is 25.8 Å². The van der Waals surface area contributed by atoms with Crippen molar-refractivity contribution in [1.82, 2.24) is 4.31 Å². The second kappa shape index (κ2) is 5.54. The molecule has 1 aliphatic heterocycles. The van der Waals surface area contributed by atoms with E-state index in [4.69, 9.17) is 0 Å². The molecule has 0 radical (unpaired) electrons. The second-order valence-electron chi connectivity index (χ2n) is 5.48. The number of hydrogen-bond acceptors (Lipinski definition) is 2. The van der Waals surface area contributed by atoms with Crippen molar-refractivity contribution in [2.75, 3.05) is 13.1 Å². The zero-order valence-electron chi connectivity index (χ0n) is 11.6. The van der Waals surface area contributed by atoms with Gasteiger partial charge >= 0.3 is 0 Å². The molecular weight excluding hydrogens is 326 g/mol. The van der Waals surface area contributed by atoms with Crippen molar-refractivity contribution < 1.29 is 8.42 Å². The minimum absolute atomic E-state index is 0.430. The molecule has 5 heteroatoms. The topological polar surface area (TPSA) is 37.4 Å². The van der Waals surface area contributed by atoms with Crippen LogP contribution in [0.2, 0.25) is 0 Å². The van der Waals surface area contributed by atoms with Crippen molar-refractivity contribution >= 4 is 26.0 Å². The molecule has 0 bridgehead atoms. The summed E-state index contributed by atoms with van der Waals surface area (Å²) in [6.45, 7) is 7.21. The number of nitrogens with zero attached hydrogens (tertiary/aromatic N) is 1. The SMILES string of the molecule is Cc1cc(C)c(S(=O)(=O)N2CCCC(C)C2)cc1Br. The van der Waals surface area contributed by atoms with E-state index < -0.39 is 10.0 Å². The quantitative estimate of drug-likeness (QED) is 0.822. The second-order valence-corrected chi connectivity index (χ2v) is 8.24. The minimum Gasteiger partial charge on any atom is -0.207 e. The molecule has 0 aromatic heterocycles. The standard InChI is InChI=1S/C14H20BrNO2S/c1-10-5-4-6-16(9-10)19(17,18)14-8-13(15)11(2)7-12(14)3/h7-8,10H,4-6,9H2,1-3H3. The molecule has 1 atom stereocenters. The zero-order chi connectivity index (χ0) is 14.2. The molecule has 0 N–H and O–H groups in total. The molecule has 2 rings (SSSR count). The molecular formula is C14H20BrNO2S. The Balaban J connectivity index is 2.42. The summed E-state index contributed by atoms with van der Waals surface area (Å²) < 4.78 is 27.9. The Bertz CT molecular complexity index is 583. The average molecular weight is 346 g/mol. The summed E-state index contributed by atoms with van der Waals surface area (Å²) in [5, 5.41) is 0. The highest BCUT2D eigenvalue weighted by Crippen LogP contribution is 2.29. The Kier molecular flexibility index (Phi) is 4.38. The fourth-order valence-corrected chi connectivity index (χ4v) is 4.92. The van der Waals surface area contributed by atoms with E-state index in [9.17, 15) is 8.42 Å². The molecule has 0 aliphatic carbocycles.